The fourth-order valence-electron chi connectivity index (χ4n) is 1.23. The van der Waals surface area contributed by atoms with Crippen LogP contribution in [0.5, 0.6) is 0 Å². The van der Waals surface area contributed by atoms with Gasteiger partial charge in [-0.3, -0.25) is 9.59 Å². The van der Waals surface area contributed by atoms with Gasteiger partial charge < -0.3 is 14.4 Å². The van der Waals surface area contributed by atoms with Crippen LogP contribution in [0.2, 0.25) is 0 Å². The average Bonchev–Trinajstić information content (AvgIpc) is 2.22. The Kier molecular flexibility index (Phi) is 8.05. The van der Waals surface area contributed by atoms with E-state index < -0.39 is 18.2 Å². The molecular weight excluding hydrogens is 222 g/mol. The lowest BCUT2D eigenvalue weighted by Gasteiger charge is -2.16. The molecule has 0 saturated carbocycles. The van der Waals surface area contributed by atoms with E-state index in [0.29, 0.717) is 0 Å². The average molecular weight is 243 g/mol. The smallest absolute Gasteiger partial charge is 0.305 e. The predicted octanol–water partition coefficient (Wildman–Crippen LogP) is 1.34. The van der Waals surface area contributed by atoms with Crippen LogP contribution in [-0.4, -0.2) is 42.8 Å². The highest BCUT2D eigenvalue weighted by Crippen LogP contribution is 1.99. The maximum absolute atomic E-state index is 10.8. The van der Waals surface area contributed by atoms with Gasteiger partial charge in [0.2, 0.25) is 0 Å². The second-order valence-corrected chi connectivity index (χ2v) is 3.50. The third-order valence-corrected chi connectivity index (χ3v) is 2.12. The molecule has 0 heterocycles. The largest absolute Gasteiger partial charge is 0.421 e. The van der Waals surface area contributed by atoms with Crippen molar-refractivity contribution in [3.05, 3.63) is 12.2 Å². The van der Waals surface area contributed by atoms with E-state index in [4.69, 9.17) is 9.47 Å². The summed E-state index contributed by atoms with van der Waals surface area (Å²) in [5, 5.41) is 0. The minimum atomic E-state index is -0.930. The molecule has 0 N–H and O–H groups in total. The van der Waals surface area contributed by atoms with Crippen LogP contribution in [0, 0.1) is 0 Å². The van der Waals surface area contributed by atoms with Crippen LogP contribution >= 0.6 is 0 Å². The number of esters is 2. The van der Waals surface area contributed by atoms with Crippen LogP contribution in [0.1, 0.15) is 27.7 Å². The third kappa shape index (κ3) is 8.45. The van der Waals surface area contributed by atoms with Crippen LogP contribution in [0.4, 0.5) is 0 Å². The van der Waals surface area contributed by atoms with Crippen molar-refractivity contribution < 1.29 is 19.1 Å². The van der Waals surface area contributed by atoms with Gasteiger partial charge in [-0.25, -0.2) is 0 Å². The van der Waals surface area contributed by atoms with Crippen molar-refractivity contribution in [1.29, 1.82) is 0 Å². The Bertz CT molecular complexity index is 256. The number of carbonyl (C=O) groups excluding carboxylic acids is 2. The summed E-state index contributed by atoms with van der Waals surface area (Å²) in [6.07, 6.45) is 2.46. The summed E-state index contributed by atoms with van der Waals surface area (Å²) in [5.41, 5.74) is 0. The summed E-state index contributed by atoms with van der Waals surface area (Å²) >= 11 is 0. The van der Waals surface area contributed by atoms with Crippen LogP contribution < -0.4 is 0 Å². The molecule has 98 valence electrons. The van der Waals surface area contributed by atoms with Gasteiger partial charge in [-0.1, -0.05) is 19.9 Å². The Morgan fingerprint density at radius 3 is 1.94 bits per heavy atom. The molecule has 0 spiro atoms. The molecule has 0 unspecified atom stereocenters. The van der Waals surface area contributed by atoms with E-state index in [2.05, 4.69) is 18.7 Å². The zero-order valence-electron chi connectivity index (χ0n) is 10.9. The summed E-state index contributed by atoms with van der Waals surface area (Å²) in [6, 6.07) is 0. The fraction of sp³-hybridized carbons (Fsp3) is 0.667. The van der Waals surface area contributed by atoms with E-state index in [1.54, 1.807) is 6.08 Å². The number of hydrogen-bond donors (Lipinski definition) is 0. The first-order valence-corrected chi connectivity index (χ1v) is 5.73. The number of carbonyl (C=O) groups is 2. The molecule has 0 bridgehead atoms. The Balaban J connectivity index is 4.25. The second-order valence-electron chi connectivity index (χ2n) is 3.50. The minimum Gasteiger partial charge on any atom is -0.421 e. The molecule has 0 atom stereocenters. The molecule has 17 heavy (non-hydrogen) atoms. The molecule has 0 aliphatic heterocycles. The Hall–Kier alpha value is -1.36. The number of likely N-dealkylation sites (N-methyl/N-ethyl adjacent to an activating group) is 1. The van der Waals surface area contributed by atoms with Crippen molar-refractivity contribution in [1.82, 2.24) is 4.90 Å². The first kappa shape index (κ1) is 15.6. The van der Waals surface area contributed by atoms with Gasteiger partial charge in [0.15, 0.2) is 0 Å². The molecule has 0 aliphatic carbocycles. The second kappa shape index (κ2) is 8.75. The highest BCUT2D eigenvalue weighted by atomic mass is 16.7. The summed E-state index contributed by atoms with van der Waals surface area (Å²) in [6.45, 7) is 9.27. The standard InChI is InChI=1S/C12H21NO4/c1-5-13(6-2)9-7-8-12(16-10(3)14)17-11(4)15/h7-8,12H,5-6,9H2,1-4H3/b8-7+. The van der Waals surface area contributed by atoms with E-state index in [-0.39, 0.29) is 0 Å². The van der Waals surface area contributed by atoms with Gasteiger partial charge in [-0.05, 0) is 19.2 Å². The monoisotopic (exact) mass is 243 g/mol. The molecule has 5 nitrogen and oxygen atoms in total. The molecule has 0 radical (unpaired) electrons. The van der Waals surface area contributed by atoms with Crippen LogP contribution in [0.25, 0.3) is 0 Å². The fourth-order valence-corrected chi connectivity index (χ4v) is 1.23. The zero-order chi connectivity index (χ0) is 13.3. The van der Waals surface area contributed by atoms with E-state index in [1.165, 1.54) is 13.8 Å². The van der Waals surface area contributed by atoms with Gasteiger partial charge in [0.05, 0.1) is 0 Å². The van der Waals surface area contributed by atoms with E-state index in [1.807, 2.05) is 6.08 Å². The maximum Gasteiger partial charge on any atom is 0.305 e. The first-order chi connectivity index (χ1) is 7.99. The topological polar surface area (TPSA) is 55.8 Å². The zero-order valence-corrected chi connectivity index (χ0v) is 10.9. The third-order valence-electron chi connectivity index (χ3n) is 2.12. The van der Waals surface area contributed by atoms with Crippen molar-refractivity contribution in [3.8, 4) is 0 Å². The Morgan fingerprint density at radius 2 is 1.59 bits per heavy atom. The summed E-state index contributed by atoms with van der Waals surface area (Å²) < 4.78 is 9.65. The quantitative estimate of drug-likeness (QED) is 0.383. The van der Waals surface area contributed by atoms with Crippen molar-refractivity contribution >= 4 is 11.9 Å². The lowest BCUT2D eigenvalue weighted by Crippen LogP contribution is -2.24. The van der Waals surface area contributed by atoms with Crippen LogP contribution in [-0.2, 0) is 19.1 Å². The minimum absolute atomic E-state index is 0.483. The van der Waals surface area contributed by atoms with Crippen LogP contribution in [0.15, 0.2) is 12.2 Å². The predicted molar refractivity (Wildman–Crippen MR) is 64.2 cm³/mol. The van der Waals surface area contributed by atoms with Gasteiger partial charge in [0.25, 0.3) is 6.29 Å². The van der Waals surface area contributed by atoms with Crippen molar-refractivity contribution in [2.24, 2.45) is 0 Å². The highest BCUT2D eigenvalue weighted by molar-refractivity contribution is 5.68. The van der Waals surface area contributed by atoms with Gasteiger partial charge in [-0.2, -0.15) is 0 Å². The lowest BCUT2D eigenvalue weighted by molar-refractivity contribution is -0.176. The summed E-state index contributed by atoms with van der Waals surface area (Å²) in [7, 11) is 0. The van der Waals surface area contributed by atoms with Crippen molar-refractivity contribution in [3.63, 3.8) is 0 Å². The van der Waals surface area contributed by atoms with Gasteiger partial charge in [0.1, 0.15) is 0 Å². The number of hydrogen-bond acceptors (Lipinski definition) is 5. The summed E-state index contributed by atoms with van der Waals surface area (Å²) in [5.74, 6) is -0.965. The molecule has 0 aliphatic rings. The normalized spacial score (nSPS) is 11.2. The first-order valence-electron chi connectivity index (χ1n) is 5.73. The van der Waals surface area contributed by atoms with Crippen molar-refractivity contribution in [2.45, 2.75) is 34.0 Å². The van der Waals surface area contributed by atoms with E-state index >= 15 is 0 Å². The number of ether oxygens (including phenoxy) is 2. The SMILES string of the molecule is CCN(CC)C/C=C/C(OC(C)=O)OC(C)=O. The molecule has 0 fully saturated rings. The van der Waals surface area contributed by atoms with Gasteiger partial charge in [-0.15, -0.1) is 0 Å². The van der Waals surface area contributed by atoms with Gasteiger partial charge in [0, 0.05) is 20.4 Å². The van der Waals surface area contributed by atoms with Crippen molar-refractivity contribution in [2.75, 3.05) is 19.6 Å². The highest BCUT2D eigenvalue weighted by Gasteiger charge is 2.10. The molecule has 0 aromatic carbocycles. The van der Waals surface area contributed by atoms with E-state index in [0.717, 1.165) is 19.6 Å². The Labute approximate surface area is 102 Å². The maximum atomic E-state index is 10.8. The number of rotatable bonds is 7. The molecule has 5 heteroatoms. The lowest BCUT2D eigenvalue weighted by atomic mass is 10.4. The molecular formula is C12H21NO4. The molecule has 0 amide bonds. The Morgan fingerprint density at radius 1 is 1.12 bits per heavy atom. The molecule has 0 rings (SSSR count). The molecule has 0 aromatic rings. The summed E-state index contributed by atoms with van der Waals surface area (Å²) in [4.78, 5) is 23.8. The molecule has 0 aromatic heterocycles. The number of nitrogens with zero attached hydrogens (tertiary/aromatic N) is 1. The van der Waals surface area contributed by atoms with E-state index in [9.17, 15) is 9.59 Å². The van der Waals surface area contributed by atoms with Crippen LogP contribution in [0.3, 0.4) is 0 Å². The molecule has 0 saturated heterocycles. The van der Waals surface area contributed by atoms with Gasteiger partial charge >= 0.3 is 11.9 Å².